The number of amides is 1. The van der Waals surface area contributed by atoms with E-state index in [1.807, 2.05) is 60.7 Å². The molecule has 1 aliphatic heterocycles. The number of carbonyl (C=O) groups is 1. The van der Waals surface area contributed by atoms with Gasteiger partial charge in [0, 0.05) is 13.1 Å². The first-order chi connectivity index (χ1) is 13.2. The van der Waals surface area contributed by atoms with Crippen LogP contribution in [0.5, 0.6) is 0 Å². The molecule has 0 aliphatic carbocycles. The van der Waals surface area contributed by atoms with E-state index in [0.717, 1.165) is 11.1 Å². The minimum Gasteiger partial charge on any atom is -0.390 e. The van der Waals surface area contributed by atoms with Gasteiger partial charge in [0.15, 0.2) is 5.69 Å². The van der Waals surface area contributed by atoms with Crippen molar-refractivity contribution in [2.75, 3.05) is 13.1 Å². The quantitative estimate of drug-likeness (QED) is 0.628. The number of benzene rings is 2. The molecular formula is C20H21N5O2. The summed E-state index contributed by atoms with van der Waals surface area (Å²) in [6.07, 6.45) is 1.06. The average molecular weight is 363 g/mol. The molecule has 2 aromatic carbocycles. The van der Waals surface area contributed by atoms with E-state index in [4.69, 9.17) is 0 Å². The Kier molecular flexibility index (Phi) is 4.95. The molecule has 0 bridgehead atoms. The van der Waals surface area contributed by atoms with Crippen LogP contribution in [0.1, 0.15) is 27.7 Å². The Bertz CT molecular complexity index is 858. The van der Waals surface area contributed by atoms with Crippen LogP contribution < -0.4 is 10.6 Å². The van der Waals surface area contributed by atoms with Crippen LogP contribution in [0.15, 0.2) is 66.9 Å². The van der Waals surface area contributed by atoms with Gasteiger partial charge in [-0.1, -0.05) is 65.9 Å². The second kappa shape index (κ2) is 7.69. The Balaban J connectivity index is 1.61. The fourth-order valence-corrected chi connectivity index (χ4v) is 3.33. The lowest BCUT2D eigenvalue weighted by molar-refractivity contribution is 0.0883. The van der Waals surface area contributed by atoms with Gasteiger partial charge in [0.25, 0.3) is 5.91 Å². The van der Waals surface area contributed by atoms with E-state index in [9.17, 15) is 9.90 Å². The minimum atomic E-state index is -0.592. The number of carbonyl (C=O) groups excluding carboxylic acids is 1. The highest BCUT2D eigenvalue weighted by Gasteiger charge is 2.28. The van der Waals surface area contributed by atoms with E-state index in [1.54, 1.807) is 10.9 Å². The highest BCUT2D eigenvalue weighted by atomic mass is 16.3. The predicted molar refractivity (Wildman–Crippen MR) is 100 cm³/mol. The first kappa shape index (κ1) is 17.4. The van der Waals surface area contributed by atoms with E-state index in [-0.39, 0.29) is 23.7 Å². The van der Waals surface area contributed by atoms with E-state index >= 15 is 0 Å². The van der Waals surface area contributed by atoms with Gasteiger partial charge in [-0.3, -0.25) is 4.79 Å². The summed E-state index contributed by atoms with van der Waals surface area (Å²) in [7, 11) is 0. The highest BCUT2D eigenvalue weighted by Crippen LogP contribution is 2.25. The highest BCUT2D eigenvalue weighted by molar-refractivity contribution is 5.92. The summed E-state index contributed by atoms with van der Waals surface area (Å²) in [5.41, 5.74) is 2.33. The van der Waals surface area contributed by atoms with Gasteiger partial charge in [-0.05, 0) is 11.1 Å². The van der Waals surface area contributed by atoms with Crippen LogP contribution in [-0.2, 0) is 0 Å². The van der Waals surface area contributed by atoms with Crippen LogP contribution >= 0.6 is 0 Å². The molecule has 3 aromatic rings. The molecule has 1 amide bonds. The molecule has 0 spiro atoms. The number of aliphatic hydroxyl groups excluding tert-OH is 1. The molecule has 2 heterocycles. The number of nitrogens with zero attached hydrogens (tertiary/aromatic N) is 3. The lowest BCUT2D eigenvalue weighted by Gasteiger charge is -2.18. The van der Waals surface area contributed by atoms with Gasteiger partial charge in [-0.15, -0.1) is 5.10 Å². The molecule has 1 fully saturated rings. The summed E-state index contributed by atoms with van der Waals surface area (Å²) in [5, 5.41) is 24.0. The SMILES string of the molecule is O=C(N[C@H]1CNC[C@@H]1O)c1cn(C(c2ccccc2)c2ccccc2)nn1. The number of hydrogen-bond acceptors (Lipinski definition) is 5. The van der Waals surface area contributed by atoms with Gasteiger partial charge in [0.05, 0.1) is 18.3 Å². The molecule has 0 radical (unpaired) electrons. The zero-order valence-corrected chi connectivity index (χ0v) is 14.7. The van der Waals surface area contributed by atoms with Crippen molar-refractivity contribution in [3.63, 3.8) is 0 Å². The molecular weight excluding hydrogens is 342 g/mol. The van der Waals surface area contributed by atoms with Crippen molar-refractivity contribution in [3.8, 4) is 0 Å². The Labute approximate surface area is 157 Å². The molecule has 3 N–H and O–H groups in total. The van der Waals surface area contributed by atoms with Crippen molar-refractivity contribution < 1.29 is 9.90 Å². The van der Waals surface area contributed by atoms with E-state index in [1.165, 1.54) is 0 Å². The van der Waals surface area contributed by atoms with Gasteiger partial charge >= 0.3 is 0 Å². The van der Waals surface area contributed by atoms with Crippen LogP contribution in [0.25, 0.3) is 0 Å². The Morgan fingerprint density at radius 1 is 1.07 bits per heavy atom. The van der Waals surface area contributed by atoms with Gasteiger partial charge in [0.2, 0.25) is 0 Å². The van der Waals surface area contributed by atoms with E-state index < -0.39 is 6.10 Å². The fourth-order valence-electron chi connectivity index (χ4n) is 3.33. The maximum absolute atomic E-state index is 12.5. The molecule has 0 saturated carbocycles. The molecule has 0 unspecified atom stereocenters. The van der Waals surface area contributed by atoms with E-state index in [0.29, 0.717) is 13.1 Å². The molecule has 1 aromatic heterocycles. The van der Waals surface area contributed by atoms with Gasteiger partial charge in [-0.25, -0.2) is 4.68 Å². The first-order valence-electron chi connectivity index (χ1n) is 8.94. The monoisotopic (exact) mass is 363 g/mol. The zero-order valence-electron chi connectivity index (χ0n) is 14.7. The van der Waals surface area contributed by atoms with Crippen LogP contribution in [0.2, 0.25) is 0 Å². The molecule has 7 heteroatoms. The summed E-state index contributed by atoms with van der Waals surface area (Å²) < 4.78 is 1.70. The second-order valence-corrected chi connectivity index (χ2v) is 6.61. The topological polar surface area (TPSA) is 92.1 Å². The predicted octanol–water partition coefficient (Wildman–Crippen LogP) is 0.978. The third-order valence-electron chi connectivity index (χ3n) is 4.74. The Morgan fingerprint density at radius 2 is 1.70 bits per heavy atom. The van der Waals surface area contributed by atoms with Crippen molar-refractivity contribution in [3.05, 3.63) is 83.7 Å². The summed E-state index contributed by atoms with van der Waals surface area (Å²) in [6.45, 7) is 1.01. The molecule has 27 heavy (non-hydrogen) atoms. The summed E-state index contributed by atoms with van der Waals surface area (Å²) in [6, 6.07) is 19.4. The normalized spacial score (nSPS) is 19.3. The lowest BCUT2D eigenvalue weighted by Crippen LogP contribution is -2.42. The van der Waals surface area contributed by atoms with Crippen molar-refractivity contribution in [1.82, 2.24) is 25.6 Å². The summed E-state index contributed by atoms with van der Waals surface area (Å²) >= 11 is 0. The standard InChI is InChI=1S/C20H21N5O2/c26-18-12-21-11-16(18)22-20(27)17-13-25(24-23-17)19(14-7-3-1-4-8-14)15-9-5-2-6-10-15/h1-10,13,16,18-19,21,26H,11-12H2,(H,22,27)/t16-,18-/m0/s1. The van der Waals surface area contributed by atoms with Crippen LogP contribution in [0, 0.1) is 0 Å². The molecule has 1 aliphatic rings. The van der Waals surface area contributed by atoms with Crippen LogP contribution in [0.4, 0.5) is 0 Å². The third-order valence-corrected chi connectivity index (χ3v) is 4.74. The van der Waals surface area contributed by atoms with Crippen LogP contribution in [0.3, 0.4) is 0 Å². The third kappa shape index (κ3) is 3.74. The largest absolute Gasteiger partial charge is 0.390 e. The molecule has 7 nitrogen and oxygen atoms in total. The number of β-amino-alcohol motifs (C(OH)–C–C–N with tert-alkyl or cyclic N) is 1. The van der Waals surface area contributed by atoms with Crippen LogP contribution in [-0.4, -0.2) is 51.2 Å². The number of rotatable bonds is 5. The van der Waals surface area contributed by atoms with Gasteiger partial charge in [0.1, 0.15) is 6.04 Å². The number of hydrogen-bond donors (Lipinski definition) is 3. The molecule has 4 rings (SSSR count). The average Bonchev–Trinajstić information content (AvgIpc) is 3.34. The minimum absolute atomic E-state index is 0.180. The van der Waals surface area contributed by atoms with E-state index in [2.05, 4.69) is 20.9 Å². The zero-order chi connectivity index (χ0) is 18.6. The van der Waals surface area contributed by atoms with Gasteiger partial charge < -0.3 is 15.7 Å². The number of aromatic nitrogens is 3. The summed E-state index contributed by atoms with van der Waals surface area (Å²) in [5.74, 6) is -0.339. The maximum atomic E-state index is 12.5. The van der Waals surface area contributed by atoms with Crippen molar-refractivity contribution in [2.45, 2.75) is 18.2 Å². The first-order valence-corrected chi connectivity index (χ1v) is 8.94. The van der Waals surface area contributed by atoms with Crippen molar-refractivity contribution in [2.24, 2.45) is 0 Å². The van der Waals surface area contributed by atoms with Gasteiger partial charge in [-0.2, -0.15) is 0 Å². The molecule has 1 saturated heterocycles. The summed E-state index contributed by atoms with van der Waals surface area (Å²) in [4.78, 5) is 12.5. The van der Waals surface area contributed by atoms with Crippen molar-refractivity contribution >= 4 is 5.91 Å². The molecule has 2 atom stereocenters. The Hall–Kier alpha value is -3.03. The lowest BCUT2D eigenvalue weighted by atomic mass is 9.99. The number of aliphatic hydroxyl groups is 1. The number of nitrogens with one attached hydrogen (secondary N) is 2. The van der Waals surface area contributed by atoms with Crippen molar-refractivity contribution in [1.29, 1.82) is 0 Å². The second-order valence-electron chi connectivity index (χ2n) is 6.61. The smallest absolute Gasteiger partial charge is 0.273 e. The Morgan fingerprint density at radius 3 is 2.26 bits per heavy atom. The maximum Gasteiger partial charge on any atom is 0.273 e. The fraction of sp³-hybridized carbons (Fsp3) is 0.250. The molecule has 138 valence electrons.